The van der Waals surface area contributed by atoms with E-state index in [4.69, 9.17) is 4.74 Å². The van der Waals surface area contributed by atoms with Crippen LogP contribution in [0.5, 0.6) is 5.75 Å². The average Bonchev–Trinajstić information content (AvgIpc) is 2.52. The van der Waals surface area contributed by atoms with Gasteiger partial charge in [0.15, 0.2) is 0 Å². The van der Waals surface area contributed by atoms with Gasteiger partial charge in [0.1, 0.15) is 5.75 Å². The zero-order valence-corrected chi connectivity index (χ0v) is 13.7. The standard InChI is InChI=1S/C15H22N2O4S/c1-21-14-8-5-6-12(10-14)15(18)17-9-4-3-7-13(17)11-16-22(2,19)20/h5-6,8,10,13,16H,3-4,7,9,11H2,1-2H3/t13-/m1/s1. The summed E-state index contributed by atoms with van der Waals surface area (Å²) >= 11 is 0. The molecule has 0 unspecified atom stereocenters. The van der Waals surface area contributed by atoms with Crippen molar-refractivity contribution in [2.75, 3.05) is 26.5 Å². The monoisotopic (exact) mass is 326 g/mol. The molecule has 7 heteroatoms. The van der Waals surface area contributed by atoms with Gasteiger partial charge in [-0.05, 0) is 37.5 Å². The van der Waals surface area contributed by atoms with Gasteiger partial charge in [-0.25, -0.2) is 13.1 Å². The van der Waals surface area contributed by atoms with E-state index in [0.29, 0.717) is 17.9 Å². The number of benzene rings is 1. The Hall–Kier alpha value is -1.60. The van der Waals surface area contributed by atoms with Crippen molar-refractivity contribution < 1.29 is 17.9 Å². The minimum absolute atomic E-state index is 0.0844. The number of methoxy groups -OCH3 is 1. The number of ether oxygens (including phenoxy) is 1. The van der Waals surface area contributed by atoms with Gasteiger partial charge in [0.05, 0.1) is 13.4 Å². The summed E-state index contributed by atoms with van der Waals surface area (Å²) in [5.41, 5.74) is 0.561. The van der Waals surface area contributed by atoms with Gasteiger partial charge in [-0.3, -0.25) is 4.79 Å². The second-order valence-corrected chi connectivity index (χ2v) is 7.33. The molecule has 1 heterocycles. The highest BCUT2D eigenvalue weighted by molar-refractivity contribution is 7.88. The number of amides is 1. The summed E-state index contributed by atoms with van der Waals surface area (Å²) in [4.78, 5) is 14.5. The third-order valence-corrected chi connectivity index (χ3v) is 4.48. The molecule has 0 aromatic heterocycles. The molecule has 1 fully saturated rings. The van der Waals surface area contributed by atoms with Crippen molar-refractivity contribution in [2.45, 2.75) is 25.3 Å². The number of nitrogens with zero attached hydrogens (tertiary/aromatic N) is 1. The normalized spacial score (nSPS) is 19.0. The van der Waals surface area contributed by atoms with Gasteiger partial charge in [0.2, 0.25) is 10.0 Å². The maximum Gasteiger partial charge on any atom is 0.254 e. The highest BCUT2D eigenvalue weighted by Gasteiger charge is 2.28. The average molecular weight is 326 g/mol. The number of carbonyl (C=O) groups is 1. The van der Waals surface area contributed by atoms with E-state index >= 15 is 0 Å². The van der Waals surface area contributed by atoms with Gasteiger partial charge in [-0.2, -0.15) is 0 Å². The van der Waals surface area contributed by atoms with Crippen molar-refractivity contribution in [2.24, 2.45) is 0 Å². The molecule has 1 aromatic rings. The molecule has 6 nitrogen and oxygen atoms in total. The Kier molecular flexibility index (Phi) is 5.42. The van der Waals surface area contributed by atoms with Crippen LogP contribution in [-0.2, 0) is 10.0 Å². The number of hydrogen-bond donors (Lipinski definition) is 1. The lowest BCUT2D eigenvalue weighted by Crippen LogP contribution is -2.49. The predicted molar refractivity (Wildman–Crippen MR) is 84.5 cm³/mol. The summed E-state index contributed by atoms with van der Waals surface area (Å²) in [5, 5.41) is 0. The molecular formula is C15H22N2O4S. The van der Waals surface area contributed by atoms with E-state index in [0.717, 1.165) is 25.5 Å². The summed E-state index contributed by atoms with van der Waals surface area (Å²) in [6.07, 6.45) is 3.87. The second kappa shape index (κ2) is 7.11. The Morgan fingerprint density at radius 1 is 1.41 bits per heavy atom. The summed E-state index contributed by atoms with van der Waals surface area (Å²) in [6, 6.07) is 6.91. The van der Waals surface area contributed by atoms with Gasteiger partial charge in [-0.1, -0.05) is 6.07 Å². The molecule has 122 valence electrons. The van der Waals surface area contributed by atoms with Crippen LogP contribution in [-0.4, -0.2) is 51.7 Å². The number of nitrogens with one attached hydrogen (secondary N) is 1. The Morgan fingerprint density at radius 3 is 2.86 bits per heavy atom. The largest absolute Gasteiger partial charge is 0.497 e. The van der Waals surface area contributed by atoms with Crippen molar-refractivity contribution in [3.63, 3.8) is 0 Å². The van der Waals surface area contributed by atoms with E-state index in [2.05, 4.69) is 4.72 Å². The fourth-order valence-electron chi connectivity index (χ4n) is 2.65. The van der Waals surface area contributed by atoms with E-state index in [1.165, 1.54) is 0 Å². The molecule has 2 rings (SSSR count). The molecule has 0 bridgehead atoms. The van der Waals surface area contributed by atoms with Crippen LogP contribution in [0.2, 0.25) is 0 Å². The van der Waals surface area contributed by atoms with Gasteiger partial charge in [-0.15, -0.1) is 0 Å². The van der Waals surface area contributed by atoms with E-state index in [1.54, 1.807) is 36.3 Å². The van der Waals surface area contributed by atoms with E-state index < -0.39 is 10.0 Å². The fraction of sp³-hybridized carbons (Fsp3) is 0.533. The summed E-state index contributed by atoms with van der Waals surface area (Å²) in [7, 11) is -1.70. The number of hydrogen-bond acceptors (Lipinski definition) is 4. The Bertz CT molecular complexity index is 630. The first-order valence-corrected chi connectivity index (χ1v) is 9.19. The van der Waals surface area contributed by atoms with Crippen LogP contribution in [0.3, 0.4) is 0 Å². The molecule has 1 amide bonds. The topological polar surface area (TPSA) is 75.7 Å². The first kappa shape index (κ1) is 16.8. The second-order valence-electron chi connectivity index (χ2n) is 5.50. The van der Waals surface area contributed by atoms with Crippen molar-refractivity contribution in [1.29, 1.82) is 0 Å². The number of carbonyl (C=O) groups excluding carboxylic acids is 1. The van der Waals surface area contributed by atoms with Crippen molar-refractivity contribution >= 4 is 15.9 Å². The van der Waals surface area contributed by atoms with Crippen LogP contribution in [0.25, 0.3) is 0 Å². The molecule has 22 heavy (non-hydrogen) atoms. The van der Waals surface area contributed by atoms with Gasteiger partial charge in [0.25, 0.3) is 5.91 Å². The summed E-state index contributed by atoms with van der Waals surface area (Å²) < 4.78 is 30.2. The predicted octanol–water partition coefficient (Wildman–Crippen LogP) is 1.24. The lowest BCUT2D eigenvalue weighted by Gasteiger charge is -2.35. The van der Waals surface area contributed by atoms with Crippen LogP contribution < -0.4 is 9.46 Å². The van der Waals surface area contributed by atoms with Crippen LogP contribution in [0, 0.1) is 0 Å². The maximum atomic E-state index is 12.7. The van der Waals surface area contributed by atoms with Crippen molar-refractivity contribution in [3.8, 4) is 5.75 Å². The molecule has 1 aromatic carbocycles. The molecule has 0 saturated carbocycles. The van der Waals surface area contributed by atoms with E-state index in [9.17, 15) is 13.2 Å². The first-order valence-electron chi connectivity index (χ1n) is 7.30. The quantitative estimate of drug-likeness (QED) is 0.883. The van der Waals surface area contributed by atoms with E-state index in [-0.39, 0.29) is 18.5 Å². The third kappa shape index (κ3) is 4.45. The molecule has 0 aliphatic carbocycles. The summed E-state index contributed by atoms with van der Waals surface area (Å²) in [6.45, 7) is 0.903. The van der Waals surface area contributed by atoms with Gasteiger partial charge < -0.3 is 9.64 Å². The molecule has 1 atom stereocenters. The minimum atomic E-state index is -3.26. The van der Waals surface area contributed by atoms with Crippen LogP contribution >= 0.6 is 0 Å². The molecule has 1 aliphatic rings. The number of rotatable bonds is 5. The third-order valence-electron chi connectivity index (χ3n) is 3.79. The smallest absolute Gasteiger partial charge is 0.254 e. The number of sulfonamides is 1. The highest BCUT2D eigenvalue weighted by Crippen LogP contribution is 2.21. The fourth-order valence-corrected chi connectivity index (χ4v) is 3.14. The Labute approximate surface area is 131 Å². The lowest BCUT2D eigenvalue weighted by atomic mass is 10.0. The van der Waals surface area contributed by atoms with Gasteiger partial charge >= 0.3 is 0 Å². The summed E-state index contributed by atoms with van der Waals surface area (Å²) in [5.74, 6) is 0.549. The van der Waals surface area contributed by atoms with Gasteiger partial charge in [0, 0.05) is 24.7 Å². The first-order chi connectivity index (χ1) is 10.4. The Balaban J connectivity index is 2.13. The molecule has 1 saturated heterocycles. The molecular weight excluding hydrogens is 304 g/mol. The minimum Gasteiger partial charge on any atom is -0.497 e. The Morgan fingerprint density at radius 2 is 2.18 bits per heavy atom. The molecule has 0 spiro atoms. The SMILES string of the molecule is COc1cccc(C(=O)N2CCCC[C@@H]2CNS(C)(=O)=O)c1. The zero-order valence-electron chi connectivity index (χ0n) is 12.9. The maximum absolute atomic E-state index is 12.7. The molecule has 1 N–H and O–H groups in total. The van der Waals surface area contributed by atoms with Crippen LogP contribution in [0.1, 0.15) is 29.6 Å². The lowest BCUT2D eigenvalue weighted by molar-refractivity contribution is 0.0618. The molecule has 1 aliphatic heterocycles. The number of piperidine rings is 1. The van der Waals surface area contributed by atoms with Crippen molar-refractivity contribution in [1.82, 2.24) is 9.62 Å². The zero-order chi connectivity index (χ0) is 16.2. The van der Waals surface area contributed by atoms with Crippen LogP contribution in [0.4, 0.5) is 0 Å². The van der Waals surface area contributed by atoms with Crippen molar-refractivity contribution in [3.05, 3.63) is 29.8 Å². The number of likely N-dealkylation sites (tertiary alicyclic amines) is 1. The van der Waals surface area contributed by atoms with E-state index in [1.807, 2.05) is 0 Å². The molecule has 0 radical (unpaired) electrons. The highest BCUT2D eigenvalue weighted by atomic mass is 32.2. The van der Waals surface area contributed by atoms with Crippen LogP contribution in [0.15, 0.2) is 24.3 Å².